The van der Waals surface area contributed by atoms with Crippen LogP contribution in [-0.4, -0.2) is 41.2 Å². The highest BCUT2D eigenvalue weighted by atomic mass is 16.5. The standard InChI is InChI=1S/C11H14N2O4/c1-2-17-11(16)9(7-14)13-10(15)8-5-3-4-6-12-8/h3-6,9,14H,2,7H2,1H3,(H,13,15). The van der Waals surface area contributed by atoms with Crippen LogP contribution in [0.2, 0.25) is 0 Å². The Labute approximate surface area is 98.6 Å². The van der Waals surface area contributed by atoms with Gasteiger partial charge in [-0.2, -0.15) is 0 Å². The number of esters is 1. The smallest absolute Gasteiger partial charge is 0.331 e. The van der Waals surface area contributed by atoms with Crippen molar-refractivity contribution < 1.29 is 19.4 Å². The third-order valence-electron chi connectivity index (χ3n) is 1.96. The van der Waals surface area contributed by atoms with Crippen LogP contribution in [0.15, 0.2) is 24.4 Å². The number of nitrogens with one attached hydrogen (secondary N) is 1. The van der Waals surface area contributed by atoms with Gasteiger partial charge in [0.2, 0.25) is 0 Å². The number of pyridine rings is 1. The SMILES string of the molecule is CCOC(=O)C(CO)NC(=O)c1ccccn1. The van der Waals surface area contributed by atoms with Gasteiger partial charge in [-0.15, -0.1) is 0 Å². The number of nitrogens with zero attached hydrogens (tertiary/aromatic N) is 1. The number of aliphatic hydroxyl groups excluding tert-OH is 1. The van der Waals surface area contributed by atoms with Crippen LogP contribution in [0.5, 0.6) is 0 Å². The molecule has 1 atom stereocenters. The van der Waals surface area contributed by atoms with Crippen LogP contribution in [0, 0.1) is 0 Å². The van der Waals surface area contributed by atoms with Crippen LogP contribution in [0.3, 0.4) is 0 Å². The number of carbonyl (C=O) groups excluding carboxylic acids is 2. The fraction of sp³-hybridized carbons (Fsp3) is 0.364. The lowest BCUT2D eigenvalue weighted by Crippen LogP contribution is -2.44. The second-order valence-electron chi connectivity index (χ2n) is 3.18. The third kappa shape index (κ3) is 3.84. The maximum Gasteiger partial charge on any atom is 0.331 e. The van der Waals surface area contributed by atoms with Crippen LogP contribution in [0.25, 0.3) is 0 Å². The van der Waals surface area contributed by atoms with E-state index in [1.165, 1.54) is 12.3 Å². The lowest BCUT2D eigenvalue weighted by molar-refractivity contribution is -0.146. The Balaban J connectivity index is 2.63. The Hall–Kier alpha value is -1.95. The van der Waals surface area contributed by atoms with Gasteiger partial charge in [0.15, 0.2) is 6.04 Å². The molecule has 2 N–H and O–H groups in total. The number of hydrogen-bond acceptors (Lipinski definition) is 5. The van der Waals surface area contributed by atoms with Gasteiger partial charge in [-0.05, 0) is 19.1 Å². The summed E-state index contributed by atoms with van der Waals surface area (Å²) in [5.74, 6) is -1.20. The second-order valence-corrected chi connectivity index (χ2v) is 3.18. The lowest BCUT2D eigenvalue weighted by Gasteiger charge is -2.14. The molecule has 0 saturated carbocycles. The number of hydrogen-bond donors (Lipinski definition) is 2. The third-order valence-corrected chi connectivity index (χ3v) is 1.96. The van der Waals surface area contributed by atoms with Gasteiger partial charge in [0.05, 0.1) is 13.2 Å². The Morgan fingerprint density at radius 3 is 2.82 bits per heavy atom. The number of amides is 1. The molecular weight excluding hydrogens is 224 g/mol. The van der Waals surface area contributed by atoms with E-state index in [0.29, 0.717) is 0 Å². The van der Waals surface area contributed by atoms with Crippen molar-refractivity contribution in [2.24, 2.45) is 0 Å². The van der Waals surface area contributed by atoms with E-state index in [2.05, 4.69) is 10.3 Å². The van der Waals surface area contributed by atoms with E-state index >= 15 is 0 Å². The maximum atomic E-state index is 11.6. The maximum absolute atomic E-state index is 11.6. The van der Waals surface area contributed by atoms with Crippen molar-refractivity contribution in [1.29, 1.82) is 0 Å². The molecule has 6 heteroatoms. The van der Waals surface area contributed by atoms with Crippen molar-refractivity contribution in [3.05, 3.63) is 30.1 Å². The Morgan fingerprint density at radius 2 is 2.29 bits per heavy atom. The molecule has 6 nitrogen and oxygen atoms in total. The molecule has 0 spiro atoms. The molecule has 1 aromatic heterocycles. The van der Waals surface area contributed by atoms with Gasteiger partial charge in [-0.25, -0.2) is 4.79 Å². The fourth-order valence-corrected chi connectivity index (χ4v) is 1.15. The molecule has 1 rings (SSSR count). The minimum absolute atomic E-state index is 0.176. The first-order valence-electron chi connectivity index (χ1n) is 5.18. The average molecular weight is 238 g/mol. The summed E-state index contributed by atoms with van der Waals surface area (Å²) in [4.78, 5) is 26.8. The van der Waals surface area contributed by atoms with Crippen LogP contribution in [0.4, 0.5) is 0 Å². The highest BCUT2D eigenvalue weighted by Gasteiger charge is 2.21. The summed E-state index contributed by atoms with van der Waals surface area (Å²) in [6, 6.07) is 3.77. The van der Waals surface area contributed by atoms with Gasteiger partial charge < -0.3 is 15.2 Å². The highest BCUT2D eigenvalue weighted by Crippen LogP contribution is 1.96. The first-order chi connectivity index (χ1) is 8.19. The molecule has 0 bridgehead atoms. The van der Waals surface area contributed by atoms with Crippen molar-refractivity contribution in [1.82, 2.24) is 10.3 Å². The van der Waals surface area contributed by atoms with E-state index in [9.17, 15) is 9.59 Å². The van der Waals surface area contributed by atoms with Crippen LogP contribution >= 0.6 is 0 Å². The summed E-state index contributed by atoms with van der Waals surface area (Å²) < 4.78 is 4.70. The van der Waals surface area contributed by atoms with Crippen LogP contribution in [0.1, 0.15) is 17.4 Å². The Bertz CT molecular complexity index is 380. The number of aromatic nitrogens is 1. The zero-order valence-corrected chi connectivity index (χ0v) is 9.42. The molecule has 0 radical (unpaired) electrons. The van der Waals surface area contributed by atoms with E-state index in [0.717, 1.165) is 0 Å². The molecule has 0 fully saturated rings. The van der Waals surface area contributed by atoms with Gasteiger partial charge in [0.1, 0.15) is 5.69 Å². The zero-order valence-electron chi connectivity index (χ0n) is 9.42. The minimum Gasteiger partial charge on any atom is -0.464 e. The van der Waals surface area contributed by atoms with E-state index < -0.39 is 24.5 Å². The molecule has 0 aromatic carbocycles. The molecular formula is C11H14N2O4. The van der Waals surface area contributed by atoms with Crippen LogP contribution < -0.4 is 5.32 Å². The number of rotatable bonds is 5. The van der Waals surface area contributed by atoms with Gasteiger partial charge in [-0.1, -0.05) is 6.07 Å². The quantitative estimate of drug-likeness (QED) is 0.690. The molecule has 1 unspecified atom stereocenters. The normalized spacial score (nSPS) is 11.6. The lowest BCUT2D eigenvalue weighted by atomic mass is 10.2. The molecule has 0 saturated heterocycles. The van der Waals surface area contributed by atoms with E-state index in [-0.39, 0.29) is 12.3 Å². The van der Waals surface area contributed by atoms with Gasteiger partial charge >= 0.3 is 5.97 Å². The topological polar surface area (TPSA) is 88.5 Å². The first kappa shape index (κ1) is 13.1. The van der Waals surface area contributed by atoms with E-state index in [4.69, 9.17) is 9.84 Å². The summed E-state index contributed by atoms with van der Waals surface area (Å²) in [5, 5.41) is 11.3. The molecule has 0 aliphatic rings. The van der Waals surface area contributed by atoms with E-state index in [1.807, 2.05) is 0 Å². The highest BCUT2D eigenvalue weighted by molar-refractivity contribution is 5.95. The number of ether oxygens (including phenoxy) is 1. The predicted molar refractivity (Wildman–Crippen MR) is 59.2 cm³/mol. The van der Waals surface area contributed by atoms with Crippen LogP contribution in [-0.2, 0) is 9.53 Å². The van der Waals surface area contributed by atoms with Crippen molar-refractivity contribution in [3.63, 3.8) is 0 Å². The summed E-state index contributed by atoms with van der Waals surface area (Å²) in [6.45, 7) is 1.32. The molecule has 0 aliphatic heterocycles. The van der Waals surface area contributed by atoms with Crippen molar-refractivity contribution >= 4 is 11.9 Å². The minimum atomic E-state index is -1.07. The summed E-state index contributed by atoms with van der Waals surface area (Å²) >= 11 is 0. The molecule has 1 aromatic rings. The van der Waals surface area contributed by atoms with Gasteiger partial charge in [-0.3, -0.25) is 9.78 Å². The average Bonchev–Trinajstić information content (AvgIpc) is 2.37. The van der Waals surface area contributed by atoms with Crippen molar-refractivity contribution in [3.8, 4) is 0 Å². The van der Waals surface area contributed by atoms with Crippen molar-refractivity contribution in [2.75, 3.05) is 13.2 Å². The molecule has 0 aliphatic carbocycles. The molecule has 17 heavy (non-hydrogen) atoms. The fourth-order valence-electron chi connectivity index (χ4n) is 1.15. The number of carbonyl (C=O) groups is 2. The number of aliphatic hydroxyl groups is 1. The summed E-state index contributed by atoms with van der Waals surface area (Å²) in [6.07, 6.45) is 1.47. The van der Waals surface area contributed by atoms with Gasteiger partial charge in [0, 0.05) is 6.20 Å². The molecule has 92 valence electrons. The summed E-state index contributed by atoms with van der Waals surface area (Å²) in [5.41, 5.74) is 0.176. The zero-order chi connectivity index (χ0) is 12.7. The Morgan fingerprint density at radius 1 is 1.53 bits per heavy atom. The first-order valence-corrected chi connectivity index (χ1v) is 5.18. The van der Waals surface area contributed by atoms with Gasteiger partial charge in [0.25, 0.3) is 5.91 Å². The molecule has 1 amide bonds. The monoisotopic (exact) mass is 238 g/mol. The Kier molecular flexibility index (Phi) is 5.09. The second kappa shape index (κ2) is 6.59. The largest absolute Gasteiger partial charge is 0.464 e. The summed E-state index contributed by atoms with van der Waals surface area (Å²) in [7, 11) is 0. The van der Waals surface area contributed by atoms with E-state index in [1.54, 1.807) is 19.1 Å². The van der Waals surface area contributed by atoms with Crippen molar-refractivity contribution in [2.45, 2.75) is 13.0 Å². The molecule has 1 heterocycles. The predicted octanol–water partition coefficient (Wildman–Crippen LogP) is -0.265.